The third-order valence-electron chi connectivity index (χ3n) is 5.30. The summed E-state index contributed by atoms with van der Waals surface area (Å²) in [5, 5.41) is 2.57. The summed E-state index contributed by atoms with van der Waals surface area (Å²) in [6, 6.07) is 3.35. The third kappa shape index (κ3) is 4.23. The smallest absolute Gasteiger partial charge is 0.366 e. The standard InChI is InChI=1S/C19H19F3N6O3/c1-26-10-23-15(8-16(26)30)25-18(31)28-11-5-7-27(9-11)13-3-2-12(24-17(13)28)14(29)4-6-19(20,21)22/h2-3,8,10-11H,4-7,9H2,1H3,(H,25,31)/t11-/m0/s1. The lowest BCUT2D eigenvalue weighted by molar-refractivity contribution is -0.133. The summed E-state index contributed by atoms with van der Waals surface area (Å²) < 4.78 is 38.7. The summed E-state index contributed by atoms with van der Waals surface area (Å²) >= 11 is 0. The molecule has 1 fully saturated rings. The van der Waals surface area contributed by atoms with Crippen molar-refractivity contribution in [2.24, 2.45) is 7.05 Å². The number of Topliss-reactive ketones (excluding diaryl/α,β-unsaturated/α-hetero) is 1. The summed E-state index contributed by atoms with van der Waals surface area (Å²) in [4.78, 5) is 48.7. The van der Waals surface area contributed by atoms with Gasteiger partial charge in [-0.05, 0) is 18.6 Å². The Balaban J connectivity index is 1.62. The van der Waals surface area contributed by atoms with Gasteiger partial charge in [-0.15, -0.1) is 0 Å². The fraction of sp³-hybridized carbons (Fsp3) is 0.421. The first-order chi connectivity index (χ1) is 14.6. The van der Waals surface area contributed by atoms with Gasteiger partial charge in [0.15, 0.2) is 11.6 Å². The zero-order valence-corrected chi connectivity index (χ0v) is 16.5. The highest BCUT2D eigenvalue weighted by Crippen LogP contribution is 2.39. The van der Waals surface area contributed by atoms with Crippen LogP contribution in [0.5, 0.6) is 0 Å². The van der Waals surface area contributed by atoms with E-state index in [-0.39, 0.29) is 28.9 Å². The van der Waals surface area contributed by atoms with Gasteiger partial charge in [0.05, 0.1) is 24.5 Å². The van der Waals surface area contributed by atoms with E-state index >= 15 is 0 Å². The lowest BCUT2D eigenvalue weighted by Crippen LogP contribution is -2.48. The molecule has 4 rings (SSSR count). The highest BCUT2D eigenvalue weighted by Gasteiger charge is 2.40. The van der Waals surface area contributed by atoms with E-state index in [4.69, 9.17) is 0 Å². The number of pyridine rings is 1. The average molecular weight is 436 g/mol. The van der Waals surface area contributed by atoms with Crippen LogP contribution in [-0.2, 0) is 7.05 Å². The molecule has 0 aromatic carbocycles. The van der Waals surface area contributed by atoms with Gasteiger partial charge in [-0.3, -0.25) is 19.8 Å². The van der Waals surface area contributed by atoms with Crippen LogP contribution in [0.1, 0.15) is 29.8 Å². The molecule has 31 heavy (non-hydrogen) atoms. The Hall–Kier alpha value is -3.44. The molecule has 1 saturated heterocycles. The van der Waals surface area contributed by atoms with Crippen LogP contribution in [0.2, 0.25) is 0 Å². The molecule has 2 aliphatic heterocycles. The lowest BCUT2D eigenvalue weighted by Gasteiger charge is -2.35. The molecule has 2 bridgehead atoms. The number of rotatable bonds is 4. The van der Waals surface area contributed by atoms with Crippen LogP contribution in [0.25, 0.3) is 0 Å². The molecule has 4 heterocycles. The predicted molar refractivity (Wildman–Crippen MR) is 105 cm³/mol. The molecular formula is C19H19F3N6O3. The Labute approximate surface area is 174 Å². The number of halogens is 3. The van der Waals surface area contributed by atoms with Gasteiger partial charge in [-0.25, -0.2) is 14.8 Å². The van der Waals surface area contributed by atoms with Crippen LogP contribution < -0.4 is 20.7 Å². The minimum atomic E-state index is -4.44. The molecule has 1 atom stereocenters. The van der Waals surface area contributed by atoms with Crippen LogP contribution in [0.4, 0.5) is 35.3 Å². The van der Waals surface area contributed by atoms with Gasteiger partial charge in [-0.1, -0.05) is 0 Å². The van der Waals surface area contributed by atoms with Crippen LogP contribution in [-0.4, -0.2) is 51.7 Å². The SMILES string of the molecule is Cn1cnc(NC(=O)N2c3nc(C(=O)CCC(F)(F)F)ccc3N3CC[C@H]2C3)cc1=O. The maximum absolute atomic E-state index is 13.0. The molecular weight excluding hydrogens is 417 g/mol. The van der Waals surface area contributed by atoms with E-state index in [2.05, 4.69) is 15.3 Å². The summed E-state index contributed by atoms with van der Waals surface area (Å²) in [7, 11) is 1.52. The first kappa shape index (κ1) is 20.8. The zero-order chi connectivity index (χ0) is 22.3. The third-order valence-corrected chi connectivity index (χ3v) is 5.30. The summed E-state index contributed by atoms with van der Waals surface area (Å²) in [5.74, 6) is -0.484. The van der Waals surface area contributed by atoms with Crippen molar-refractivity contribution < 1.29 is 22.8 Å². The van der Waals surface area contributed by atoms with Gasteiger partial charge >= 0.3 is 12.2 Å². The number of fused-ring (bicyclic) bond motifs is 4. The molecule has 0 unspecified atom stereocenters. The van der Waals surface area contributed by atoms with Gasteiger partial charge in [0, 0.05) is 32.6 Å². The molecule has 164 valence electrons. The number of anilines is 3. The molecule has 0 aliphatic carbocycles. The van der Waals surface area contributed by atoms with Crippen molar-refractivity contribution in [2.75, 3.05) is 28.2 Å². The second-order valence-corrected chi connectivity index (χ2v) is 7.49. The Kier molecular flexibility index (Phi) is 5.15. The molecule has 2 amide bonds. The maximum Gasteiger partial charge on any atom is 0.389 e. The summed E-state index contributed by atoms with van der Waals surface area (Å²) in [6.45, 7) is 1.24. The fourth-order valence-electron chi connectivity index (χ4n) is 3.71. The normalized spacial score (nSPS) is 17.5. The molecule has 0 saturated carbocycles. The molecule has 12 heteroatoms. The number of aryl methyl sites for hydroxylation is 1. The van der Waals surface area contributed by atoms with Gasteiger partial charge in [0.1, 0.15) is 11.5 Å². The number of nitrogens with zero attached hydrogens (tertiary/aromatic N) is 5. The van der Waals surface area contributed by atoms with Crippen molar-refractivity contribution in [3.05, 3.63) is 40.6 Å². The van der Waals surface area contributed by atoms with E-state index < -0.39 is 30.8 Å². The Morgan fingerprint density at radius 1 is 1.29 bits per heavy atom. The first-order valence-electron chi connectivity index (χ1n) is 9.61. The van der Waals surface area contributed by atoms with Crippen molar-refractivity contribution in [3.8, 4) is 0 Å². The quantitative estimate of drug-likeness (QED) is 0.739. The lowest BCUT2D eigenvalue weighted by atomic mass is 10.1. The van der Waals surface area contributed by atoms with Gasteiger partial charge in [-0.2, -0.15) is 13.2 Å². The number of amides is 2. The van der Waals surface area contributed by atoms with Crippen molar-refractivity contribution in [1.82, 2.24) is 14.5 Å². The molecule has 2 aromatic heterocycles. The minimum Gasteiger partial charge on any atom is -0.366 e. The van der Waals surface area contributed by atoms with E-state index in [1.165, 1.54) is 35.0 Å². The van der Waals surface area contributed by atoms with E-state index in [9.17, 15) is 27.6 Å². The van der Waals surface area contributed by atoms with Crippen LogP contribution >= 0.6 is 0 Å². The number of ketones is 1. The van der Waals surface area contributed by atoms with E-state index in [1.54, 1.807) is 6.07 Å². The van der Waals surface area contributed by atoms with Gasteiger partial charge < -0.3 is 9.47 Å². The predicted octanol–water partition coefficient (Wildman–Crippen LogP) is 2.33. The number of alkyl halides is 3. The number of urea groups is 1. The number of aromatic nitrogens is 3. The second kappa shape index (κ2) is 7.67. The molecule has 2 aliphatic rings. The average Bonchev–Trinajstić information content (AvgIpc) is 3.12. The largest absolute Gasteiger partial charge is 0.389 e. The van der Waals surface area contributed by atoms with Crippen LogP contribution in [0.15, 0.2) is 29.3 Å². The topological polar surface area (TPSA) is 100 Å². The van der Waals surface area contributed by atoms with Crippen molar-refractivity contribution >= 4 is 29.1 Å². The van der Waals surface area contributed by atoms with Gasteiger partial charge in [0.25, 0.3) is 5.56 Å². The molecule has 1 N–H and O–H groups in total. The number of carbonyl (C=O) groups excluding carboxylic acids is 2. The van der Waals surface area contributed by atoms with Crippen LogP contribution in [0.3, 0.4) is 0 Å². The van der Waals surface area contributed by atoms with Crippen molar-refractivity contribution in [3.63, 3.8) is 0 Å². The first-order valence-corrected chi connectivity index (χ1v) is 9.61. The molecule has 0 spiro atoms. The fourth-order valence-corrected chi connectivity index (χ4v) is 3.71. The zero-order valence-electron chi connectivity index (χ0n) is 16.5. The maximum atomic E-state index is 13.0. The number of carbonyl (C=O) groups is 2. The van der Waals surface area contributed by atoms with Crippen LogP contribution in [0, 0.1) is 0 Å². The van der Waals surface area contributed by atoms with Gasteiger partial charge in [0.2, 0.25) is 0 Å². The summed E-state index contributed by atoms with van der Waals surface area (Å²) in [6.07, 6.45) is -4.47. The number of hydrogen-bond acceptors (Lipinski definition) is 6. The molecule has 9 nitrogen and oxygen atoms in total. The Morgan fingerprint density at radius 3 is 2.77 bits per heavy atom. The minimum absolute atomic E-state index is 0.0625. The monoisotopic (exact) mass is 436 g/mol. The highest BCUT2D eigenvalue weighted by molar-refractivity contribution is 6.05. The van der Waals surface area contributed by atoms with E-state index in [1.807, 2.05) is 4.90 Å². The molecule has 0 radical (unpaired) electrons. The number of hydrogen-bond donors (Lipinski definition) is 1. The van der Waals surface area contributed by atoms with Crippen molar-refractivity contribution in [1.29, 1.82) is 0 Å². The number of nitrogens with one attached hydrogen (secondary N) is 1. The van der Waals surface area contributed by atoms with Crippen molar-refractivity contribution in [2.45, 2.75) is 31.5 Å². The Bertz CT molecular complexity index is 1100. The van der Waals surface area contributed by atoms with E-state index in [0.29, 0.717) is 25.2 Å². The summed E-state index contributed by atoms with van der Waals surface area (Å²) in [5.41, 5.74) is 0.135. The highest BCUT2D eigenvalue weighted by atomic mass is 19.4. The molecule has 2 aromatic rings. The second-order valence-electron chi connectivity index (χ2n) is 7.49. The van der Waals surface area contributed by atoms with E-state index in [0.717, 1.165) is 0 Å². The Morgan fingerprint density at radius 2 is 2.06 bits per heavy atom.